The van der Waals surface area contributed by atoms with Gasteiger partial charge in [0.2, 0.25) is 0 Å². The van der Waals surface area contributed by atoms with Crippen molar-refractivity contribution in [2.45, 2.75) is 0 Å². The van der Waals surface area contributed by atoms with Gasteiger partial charge in [-0.2, -0.15) is 5.10 Å². The summed E-state index contributed by atoms with van der Waals surface area (Å²) in [4.78, 5) is 16.0. The quantitative estimate of drug-likeness (QED) is 0.488. The molecule has 0 fully saturated rings. The number of nitrogens with one attached hydrogen (secondary N) is 1. The van der Waals surface area contributed by atoms with Crippen LogP contribution in [0.15, 0.2) is 29.1 Å². The van der Waals surface area contributed by atoms with E-state index in [-0.39, 0.29) is 5.43 Å². The third kappa shape index (κ3) is 1.31. The largest absolute Gasteiger partial charge is 0.383 e. The lowest BCUT2D eigenvalue weighted by Gasteiger charge is -2.05. The molecule has 2 aromatic heterocycles. The van der Waals surface area contributed by atoms with Crippen molar-refractivity contribution >= 4 is 33.4 Å². The molecule has 0 aliphatic rings. The molecule has 0 aliphatic heterocycles. The number of pyridine rings is 1. The van der Waals surface area contributed by atoms with Crippen molar-refractivity contribution < 1.29 is 0 Å². The molecule has 0 atom stereocenters. The Hall–Kier alpha value is -2.63. The van der Waals surface area contributed by atoms with E-state index in [0.717, 1.165) is 0 Å². The maximum Gasteiger partial charge on any atom is 0.190 e. The summed E-state index contributed by atoms with van der Waals surface area (Å²) in [5.74, 6) is 0.622. The molecule has 5 N–H and O–H groups in total. The van der Waals surface area contributed by atoms with Crippen LogP contribution >= 0.6 is 0 Å². The highest BCUT2D eigenvalue weighted by Gasteiger charge is 2.09. The Balaban J connectivity index is 2.68. The van der Waals surface area contributed by atoms with Gasteiger partial charge in [-0.1, -0.05) is 6.07 Å². The van der Waals surface area contributed by atoms with Crippen LogP contribution in [0.25, 0.3) is 21.8 Å². The van der Waals surface area contributed by atoms with Crippen molar-refractivity contribution in [2.75, 3.05) is 11.5 Å². The second kappa shape index (κ2) is 3.18. The van der Waals surface area contributed by atoms with E-state index in [2.05, 4.69) is 15.2 Å². The number of hydrogen-bond donors (Lipinski definition) is 3. The molecule has 0 aliphatic carbocycles. The minimum absolute atomic E-state index is 0.122. The Labute approximate surface area is 95.3 Å². The van der Waals surface area contributed by atoms with E-state index >= 15 is 0 Å². The number of fused-ring (bicyclic) bond motifs is 3. The minimum Gasteiger partial charge on any atom is -0.383 e. The first-order chi connectivity index (χ1) is 8.16. The van der Waals surface area contributed by atoms with Crippen LogP contribution < -0.4 is 16.9 Å². The lowest BCUT2D eigenvalue weighted by molar-refractivity contribution is 1.09. The zero-order valence-corrected chi connectivity index (χ0v) is 8.77. The Morgan fingerprint density at radius 3 is 2.88 bits per heavy atom. The highest BCUT2D eigenvalue weighted by molar-refractivity contribution is 6.07. The van der Waals surface area contributed by atoms with Gasteiger partial charge in [-0.15, -0.1) is 0 Å². The van der Waals surface area contributed by atoms with Crippen molar-refractivity contribution in [1.82, 2.24) is 15.2 Å². The molecule has 1 aromatic carbocycles. The molecule has 0 amide bonds. The van der Waals surface area contributed by atoms with Gasteiger partial charge < -0.3 is 11.5 Å². The topological polar surface area (TPSA) is 111 Å². The average molecular weight is 227 g/mol. The van der Waals surface area contributed by atoms with Gasteiger partial charge in [0, 0.05) is 5.39 Å². The molecule has 6 nitrogen and oxygen atoms in total. The standard InChI is InChI=1S/C11H9N5O/c12-8-4-5-10(16-15-8)9-6(14-11(5)13)2-1-3-7(9)17/h1-4,16H,(H2,12,15)(H2,13,14). The first-order valence-corrected chi connectivity index (χ1v) is 5.00. The molecule has 0 saturated heterocycles. The summed E-state index contributed by atoms with van der Waals surface area (Å²) in [6.45, 7) is 0. The molecule has 2 heterocycles. The number of rotatable bonds is 0. The third-order valence-corrected chi connectivity index (χ3v) is 2.63. The highest BCUT2D eigenvalue weighted by Crippen LogP contribution is 2.24. The van der Waals surface area contributed by atoms with E-state index in [1.165, 1.54) is 6.07 Å². The van der Waals surface area contributed by atoms with Gasteiger partial charge in [-0.25, -0.2) is 4.98 Å². The van der Waals surface area contributed by atoms with Gasteiger partial charge in [-0.05, 0) is 18.2 Å². The van der Waals surface area contributed by atoms with Gasteiger partial charge in [0.15, 0.2) is 5.43 Å². The number of hydrogen-bond acceptors (Lipinski definition) is 5. The summed E-state index contributed by atoms with van der Waals surface area (Å²) in [5.41, 5.74) is 12.4. The van der Waals surface area contributed by atoms with Crippen LogP contribution in [0.4, 0.5) is 11.6 Å². The second-order valence-electron chi connectivity index (χ2n) is 3.73. The first kappa shape index (κ1) is 9.59. The molecule has 6 heteroatoms. The number of aromatic nitrogens is 3. The van der Waals surface area contributed by atoms with Gasteiger partial charge in [0.25, 0.3) is 0 Å². The van der Waals surface area contributed by atoms with E-state index < -0.39 is 0 Å². The maximum absolute atomic E-state index is 11.8. The number of nitrogen functional groups attached to an aromatic ring is 2. The molecule has 17 heavy (non-hydrogen) atoms. The number of nitrogens with zero attached hydrogens (tertiary/aromatic N) is 2. The number of anilines is 2. The fraction of sp³-hybridized carbons (Fsp3) is 0. The SMILES string of the molecule is Nc1cc2c(N)nc3cccc(=O)c3c2[nH]n1. The average Bonchev–Trinajstić information content (AvgIpc) is 2.30. The van der Waals surface area contributed by atoms with E-state index in [9.17, 15) is 4.79 Å². The van der Waals surface area contributed by atoms with Crippen LogP contribution in [-0.4, -0.2) is 15.2 Å². The number of nitrogens with two attached hydrogens (primary N) is 2. The summed E-state index contributed by atoms with van der Waals surface area (Å²) >= 11 is 0. The van der Waals surface area contributed by atoms with Gasteiger partial charge >= 0.3 is 0 Å². The van der Waals surface area contributed by atoms with Crippen molar-refractivity contribution in [3.8, 4) is 0 Å². The van der Waals surface area contributed by atoms with Crippen molar-refractivity contribution in [3.05, 3.63) is 34.5 Å². The number of aromatic amines is 1. The Kier molecular flexibility index (Phi) is 1.79. The number of H-pyrrole nitrogens is 1. The van der Waals surface area contributed by atoms with Crippen LogP contribution in [-0.2, 0) is 0 Å². The molecule has 0 spiro atoms. The summed E-state index contributed by atoms with van der Waals surface area (Å²) in [6, 6.07) is 6.45. The first-order valence-electron chi connectivity index (χ1n) is 5.00. The Morgan fingerprint density at radius 1 is 1.24 bits per heavy atom. The van der Waals surface area contributed by atoms with Crippen molar-refractivity contribution in [1.29, 1.82) is 0 Å². The molecule has 0 saturated carbocycles. The zero-order valence-electron chi connectivity index (χ0n) is 8.77. The molecule has 0 unspecified atom stereocenters. The highest BCUT2D eigenvalue weighted by atomic mass is 16.1. The van der Waals surface area contributed by atoms with E-state index in [0.29, 0.717) is 33.4 Å². The second-order valence-corrected chi connectivity index (χ2v) is 3.73. The third-order valence-electron chi connectivity index (χ3n) is 2.63. The van der Waals surface area contributed by atoms with E-state index in [1.54, 1.807) is 18.2 Å². The van der Waals surface area contributed by atoms with Gasteiger partial charge in [0.05, 0.1) is 16.4 Å². The fourth-order valence-corrected chi connectivity index (χ4v) is 1.88. The summed E-state index contributed by atoms with van der Waals surface area (Å²) in [5, 5.41) is 7.70. The summed E-state index contributed by atoms with van der Waals surface area (Å²) < 4.78 is 0. The molecule has 84 valence electrons. The molecular formula is C11H9N5O. The maximum atomic E-state index is 11.8. The van der Waals surface area contributed by atoms with Gasteiger partial charge in [-0.3, -0.25) is 9.89 Å². The Morgan fingerprint density at radius 2 is 2.06 bits per heavy atom. The molecule has 3 rings (SSSR count). The van der Waals surface area contributed by atoms with Gasteiger partial charge in [0.1, 0.15) is 11.6 Å². The monoisotopic (exact) mass is 227 g/mol. The van der Waals surface area contributed by atoms with Crippen molar-refractivity contribution in [2.24, 2.45) is 0 Å². The molecule has 0 radical (unpaired) electrons. The van der Waals surface area contributed by atoms with Crippen LogP contribution in [0, 0.1) is 0 Å². The molecule has 0 bridgehead atoms. The predicted molar refractivity (Wildman–Crippen MR) is 66.5 cm³/mol. The van der Waals surface area contributed by atoms with E-state index in [4.69, 9.17) is 11.5 Å². The summed E-state index contributed by atoms with van der Waals surface area (Å²) in [6.07, 6.45) is 0. The summed E-state index contributed by atoms with van der Waals surface area (Å²) in [7, 11) is 0. The Bertz CT molecular complexity index is 793. The molecular weight excluding hydrogens is 218 g/mol. The van der Waals surface area contributed by atoms with E-state index in [1.807, 2.05) is 0 Å². The lowest BCUT2D eigenvalue weighted by Crippen LogP contribution is -2.05. The van der Waals surface area contributed by atoms with Crippen molar-refractivity contribution in [3.63, 3.8) is 0 Å². The molecule has 3 aromatic rings. The number of benzene rings is 1. The zero-order chi connectivity index (χ0) is 12.0. The minimum atomic E-state index is -0.122. The van der Waals surface area contributed by atoms with Crippen LogP contribution in [0.3, 0.4) is 0 Å². The van der Waals surface area contributed by atoms with Crippen LogP contribution in [0.1, 0.15) is 0 Å². The van der Waals surface area contributed by atoms with Crippen LogP contribution in [0.2, 0.25) is 0 Å². The fourth-order valence-electron chi connectivity index (χ4n) is 1.88. The lowest BCUT2D eigenvalue weighted by atomic mass is 10.1. The van der Waals surface area contributed by atoms with Crippen LogP contribution in [0.5, 0.6) is 0 Å². The predicted octanol–water partition coefficient (Wildman–Crippen LogP) is 0.636. The normalized spacial score (nSPS) is 11.1. The smallest absolute Gasteiger partial charge is 0.190 e.